The smallest absolute Gasteiger partial charge is 0.226 e. The summed E-state index contributed by atoms with van der Waals surface area (Å²) in [5.41, 5.74) is 5.78. The van der Waals surface area contributed by atoms with Crippen LogP contribution in [0.5, 0.6) is 5.75 Å². The van der Waals surface area contributed by atoms with Gasteiger partial charge in [0, 0.05) is 38.1 Å². The molecular formula is C20H29N3O3. The van der Waals surface area contributed by atoms with Crippen molar-refractivity contribution in [2.24, 2.45) is 11.7 Å². The summed E-state index contributed by atoms with van der Waals surface area (Å²) in [5.74, 6) is 1.15. The van der Waals surface area contributed by atoms with Crippen LogP contribution in [0.2, 0.25) is 0 Å². The van der Waals surface area contributed by atoms with Gasteiger partial charge in [0.1, 0.15) is 5.75 Å². The number of para-hydroxylation sites is 1. The van der Waals surface area contributed by atoms with Gasteiger partial charge < -0.3 is 20.3 Å². The minimum atomic E-state index is 0.0340. The maximum absolute atomic E-state index is 12.7. The molecule has 2 fully saturated rings. The number of carbonyl (C=O) groups excluding carboxylic acids is 2. The summed E-state index contributed by atoms with van der Waals surface area (Å²) < 4.78 is 5.60. The van der Waals surface area contributed by atoms with Gasteiger partial charge in [0.15, 0.2) is 0 Å². The zero-order chi connectivity index (χ0) is 18.4. The van der Waals surface area contributed by atoms with E-state index in [0.29, 0.717) is 32.7 Å². The molecule has 1 unspecified atom stereocenters. The van der Waals surface area contributed by atoms with Crippen LogP contribution in [0.1, 0.15) is 32.1 Å². The highest BCUT2D eigenvalue weighted by Gasteiger charge is 2.34. The third kappa shape index (κ3) is 4.55. The molecule has 2 heterocycles. The lowest BCUT2D eigenvalue weighted by Crippen LogP contribution is -2.47. The number of hydrogen-bond donors (Lipinski definition) is 1. The van der Waals surface area contributed by atoms with Crippen molar-refractivity contribution in [2.75, 3.05) is 32.8 Å². The maximum atomic E-state index is 12.7. The Morgan fingerprint density at radius 1 is 1.08 bits per heavy atom. The predicted octanol–water partition coefficient (Wildman–Crippen LogP) is 1.64. The minimum Gasteiger partial charge on any atom is -0.493 e. The van der Waals surface area contributed by atoms with Crippen LogP contribution in [0.25, 0.3) is 0 Å². The van der Waals surface area contributed by atoms with E-state index in [9.17, 15) is 9.59 Å². The molecule has 2 amide bonds. The summed E-state index contributed by atoms with van der Waals surface area (Å²) in [6, 6.07) is 9.73. The van der Waals surface area contributed by atoms with E-state index in [1.807, 2.05) is 40.1 Å². The van der Waals surface area contributed by atoms with Crippen molar-refractivity contribution in [1.29, 1.82) is 0 Å². The molecule has 6 nitrogen and oxygen atoms in total. The van der Waals surface area contributed by atoms with E-state index in [1.54, 1.807) is 0 Å². The Hall–Kier alpha value is -2.08. The zero-order valence-electron chi connectivity index (χ0n) is 15.3. The molecule has 2 aliphatic rings. The molecule has 0 bridgehead atoms. The molecule has 2 saturated heterocycles. The first-order valence-corrected chi connectivity index (χ1v) is 9.65. The van der Waals surface area contributed by atoms with E-state index in [1.165, 1.54) is 0 Å². The molecule has 0 radical (unpaired) electrons. The molecule has 0 saturated carbocycles. The number of rotatable bonds is 6. The number of amides is 2. The van der Waals surface area contributed by atoms with Gasteiger partial charge in [-0.05, 0) is 37.8 Å². The number of hydrogen-bond acceptors (Lipinski definition) is 4. The van der Waals surface area contributed by atoms with Crippen LogP contribution < -0.4 is 10.5 Å². The van der Waals surface area contributed by atoms with Crippen molar-refractivity contribution in [3.05, 3.63) is 30.3 Å². The quantitative estimate of drug-likeness (QED) is 0.838. The molecule has 0 aromatic heterocycles. The number of piperidine rings is 1. The second-order valence-electron chi connectivity index (χ2n) is 7.13. The number of nitrogens with zero attached hydrogens (tertiary/aromatic N) is 2. The highest BCUT2D eigenvalue weighted by Crippen LogP contribution is 2.25. The highest BCUT2D eigenvalue weighted by atomic mass is 16.5. The SMILES string of the molecule is NCC1CCCN1C(=O)C1CCN(C(=O)CCOc2ccccc2)CC1. The molecule has 3 rings (SSSR count). The van der Waals surface area contributed by atoms with Crippen molar-refractivity contribution < 1.29 is 14.3 Å². The second-order valence-corrected chi connectivity index (χ2v) is 7.13. The van der Waals surface area contributed by atoms with Gasteiger partial charge in [0.25, 0.3) is 0 Å². The van der Waals surface area contributed by atoms with Crippen LogP contribution in [0.3, 0.4) is 0 Å². The molecule has 0 aliphatic carbocycles. The fourth-order valence-electron chi connectivity index (χ4n) is 3.91. The first-order chi connectivity index (χ1) is 12.7. The second kappa shape index (κ2) is 9.03. The summed E-state index contributed by atoms with van der Waals surface area (Å²) in [6.45, 7) is 3.07. The Kier molecular flexibility index (Phi) is 6.50. The van der Waals surface area contributed by atoms with E-state index in [-0.39, 0.29) is 23.8 Å². The van der Waals surface area contributed by atoms with Crippen molar-refractivity contribution in [1.82, 2.24) is 9.80 Å². The van der Waals surface area contributed by atoms with Crippen LogP contribution in [0, 0.1) is 5.92 Å². The fourth-order valence-corrected chi connectivity index (χ4v) is 3.91. The third-order valence-electron chi connectivity index (χ3n) is 5.46. The van der Waals surface area contributed by atoms with Gasteiger partial charge in [-0.15, -0.1) is 0 Å². The molecule has 1 aromatic rings. The summed E-state index contributed by atoms with van der Waals surface area (Å²) in [4.78, 5) is 28.9. The summed E-state index contributed by atoms with van der Waals surface area (Å²) >= 11 is 0. The molecule has 1 atom stereocenters. The lowest BCUT2D eigenvalue weighted by Gasteiger charge is -2.34. The largest absolute Gasteiger partial charge is 0.493 e. The van der Waals surface area contributed by atoms with Crippen molar-refractivity contribution >= 4 is 11.8 Å². The Bertz CT molecular complexity index is 600. The topological polar surface area (TPSA) is 75.9 Å². The fraction of sp³-hybridized carbons (Fsp3) is 0.600. The minimum absolute atomic E-state index is 0.0340. The van der Waals surface area contributed by atoms with Crippen LogP contribution in [-0.2, 0) is 9.59 Å². The van der Waals surface area contributed by atoms with Gasteiger partial charge in [0.05, 0.1) is 13.0 Å². The molecule has 26 heavy (non-hydrogen) atoms. The van der Waals surface area contributed by atoms with Crippen LogP contribution >= 0.6 is 0 Å². The van der Waals surface area contributed by atoms with E-state index in [4.69, 9.17) is 10.5 Å². The van der Waals surface area contributed by atoms with E-state index in [0.717, 1.165) is 38.0 Å². The molecule has 6 heteroatoms. The normalized spacial score (nSPS) is 21.0. The van der Waals surface area contributed by atoms with Gasteiger partial charge >= 0.3 is 0 Å². The first kappa shape index (κ1) is 18.7. The Morgan fingerprint density at radius 3 is 2.50 bits per heavy atom. The van der Waals surface area contributed by atoms with Crippen LogP contribution in [-0.4, -0.2) is 60.4 Å². The number of carbonyl (C=O) groups is 2. The lowest BCUT2D eigenvalue weighted by atomic mass is 9.94. The highest BCUT2D eigenvalue weighted by molar-refractivity contribution is 5.80. The van der Waals surface area contributed by atoms with Gasteiger partial charge in [0.2, 0.25) is 11.8 Å². The van der Waals surface area contributed by atoms with Gasteiger partial charge in [-0.25, -0.2) is 0 Å². The molecule has 2 aliphatic heterocycles. The average molecular weight is 359 g/mol. The molecule has 0 spiro atoms. The number of benzene rings is 1. The van der Waals surface area contributed by atoms with Crippen LogP contribution in [0.4, 0.5) is 0 Å². The molecular weight excluding hydrogens is 330 g/mol. The van der Waals surface area contributed by atoms with Gasteiger partial charge in [-0.3, -0.25) is 9.59 Å². The van der Waals surface area contributed by atoms with E-state index < -0.39 is 0 Å². The monoisotopic (exact) mass is 359 g/mol. The zero-order valence-corrected chi connectivity index (χ0v) is 15.3. The Balaban J connectivity index is 1.40. The first-order valence-electron chi connectivity index (χ1n) is 9.65. The predicted molar refractivity (Wildman–Crippen MR) is 99.6 cm³/mol. The standard InChI is InChI=1S/C20H29N3O3/c21-15-17-5-4-11-23(17)20(25)16-8-12-22(13-9-16)19(24)10-14-26-18-6-2-1-3-7-18/h1-3,6-7,16-17H,4-5,8-15,21H2. The van der Waals surface area contributed by atoms with Crippen molar-refractivity contribution in [3.63, 3.8) is 0 Å². The number of nitrogens with two attached hydrogens (primary N) is 1. The average Bonchev–Trinajstić information content (AvgIpc) is 3.17. The summed E-state index contributed by atoms with van der Waals surface area (Å²) in [6.07, 6.45) is 3.93. The summed E-state index contributed by atoms with van der Waals surface area (Å²) in [5, 5.41) is 0. The van der Waals surface area contributed by atoms with Gasteiger partial charge in [-0.2, -0.15) is 0 Å². The maximum Gasteiger partial charge on any atom is 0.226 e. The summed E-state index contributed by atoms with van der Waals surface area (Å²) in [7, 11) is 0. The number of ether oxygens (including phenoxy) is 1. The third-order valence-corrected chi connectivity index (χ3v) is 5.46. The van der Waals surface area contributed by atoms with Crippen molar-refractivity contribution in [3.8, 4) is 5.75 Å². The Labute approximate surface area is 155 Å². The molecule has 2 N–H and O–H groups in total. The van der Waals surface area contributed by atoms with Gasteiger partial charge in [-0.1, -0.05) is 18.2 Å². The molecule has 142 valence electrons. The van der Waals surface area contributed by atoms with Crippen molar-refractivity contribution in [2.45, 2.75) is 38.1 Å². The lowest BCUT2D eigenvalue weighted by molar-refractivity contribution is -0.141. The van der Waals surface area contributed by atoms with Crippen LogP contribution in [0.15, 0.2) is 30.3 Å². The van der Waals surface area contributed by atoms with E-state index in [2.05, 4.69) is 0 Å². The Morgan fingerprint density at radius 2 is 1.81 bits per heavy atom. The van der Waals surface area contributed by atoms with E-state index >= 15 is 0 Å². The number of likely N-dealkylation sites (tertiary alicyclic amines) is 2. The molecule has 1 aromatic carbocycles.